The Labute approximate surface area is 120 Å². The SMILES string of the molecule is Cc1ccc(NS(=O)(=O)c2cc(CO)sc2C)cc1F. The molecule has 2 aromatic rings. The van der Waals surface area contributed by atoms with E-state index in [0.717, 1.165) is 6.07 Å². The van der Waals surface area contributed by atoms with Crippen molar-refractivity contribution in [3.8, 4) is 0 Å². The van der Waals surface area contributed by atoms with Gasteiger partial charge in [-0.2, -0.15) is 0 Å². The maximum absolute atomic E-state index is 13.4. The normalized spacial score (nSPS) is 11.6. The molecule has 0 aliphatic rings. The van der Waals surface area contributed by atoms with Crippen LogP contribution in [0.2, 0.25) is 0 Å². The van der Waals surface area contributed by atoms with E-state index in [9.17, 15) is 12.8 Å². The maximum atomic E-state index is 13.4. The second-order valence-electron chi connectivity index (χ2n) is 4.36. The Morgan fingerprint density at radius 1 is 1.30 bits per heavy atom. The molecule has 4 nitrogen and oxygen atoms in total. The van der Waals surface area contributed by atoms with Crippen LogP contribution in [0.1, 0.15) is 15.3 Å². The predicted molar refractivity (Wildman–Crippen MR) is 76.9 cm³/mol. The van der Waals surface area contributed by atoms with Gasteiger partial charge in [-0.25, -0.2) is 12.8 Å². The summed E-state index contributed by atoms with van der Waals surface area (Å²) >= 11 is 1.21. The molecule has 0 amide bonds. The number of halogens is 1. The van der Waals surface area contributed by atoms with E-state index in [1.54, 1.807) is 13.8 Å². The first-order valence-electron chi connectivity index (χ1n) is 5.82. The van der Waals surface area contributed by atoms with Crippen LogP contribution in [0.4, 0.5) is 10.1 Å². The molecule has 2 N–H and O–H groups in total. The van der Waals surface area contributed by atoms with Gasteiger partial charge in [-0.3, -0.25) is 4.72 Å². The van der Waals surface area contributed by atoms with Gasteiger partial charge in [-0.05, 0) is 37.6 Å². The van der Waals surface area contributed by atoms with E-state index < -0.39 is 15.8 Å². The number of rotatable bonds is 4. The third-order valence-corrected chi connectivity index (χ3v) is 5.46. The van der Waals surface area contributed by atoms with Crippen LogP contribution in [0.25, 0.3) is 0 Å². The fourth-order valence-electron chi connectivity index (χ4n) is 1.74. The number of nitrogens with one attached hydrogen (secondary N) is 1. The summed E-state index contributed by atoms with van der Waals surface area (Å²) in [7, 11) is -3.78. The van der Waals surface area contributed by atoms with Gasteiger partial charge in [0.15, 0.2) is 0 Å². The molecule has 0 radical (unpaired) electrons. The van der Waals surface area contributed by atoms with Gasteiger partial charge in [0, 0.05) is 9.75 Å². The number of hydrogen-bond donors (Lipinski definition) is 2. The fraction of sp³-hybridized carbons (Fsp3) is 0.231. The zero-order chi connectivity index (χ0) is 14.9. The Hall–Kier alpha value is -1.44. The summed E-state index contributed by atoms with van der Waals surface area (Å²) < 4.78 is 40.2. The summed E-state index contributed by atoms with van der Waals surface area (Å²) in [6.07, 6.45) is 0. The quantitative estimate of drug-likeness (QED) is 0.912. The summed E-state index contributed by atoms with van der Waals surface area (Å²) in [6, 6.07) is 5.58. The molecule has 1 aromatic carbocycles. The molecular formula is C13H14FNO3S2. The lowest BCUT2D eigenvalue weighted by Crippen LogP contribution is -2.13. The predicted octanol–water partition coefficient (Wildman–Crippen LogP) is 2.80. The first-order chi connectivity index (χ1) is 9.33. The Balaban J connectivity index is 2.35. The summed E-state index contributed by atoms with van der Waals surface area (Å²) in [5.74, 6) is -0.469. The highest BCUT2D eigenvalue weighted by Gasteiger charge is 2.20. The second kappa shape index (κ2) is 5.51. The molecule has 7 heteroatoms. The lowest BCUT2D eigenvalue weighted by atomic mass is 10.2. The van der Waals surface area contributed by atoms with E-state index in [4.69, 9.17) is 5.11 Å². The molecule has 1 aromatic heterocycles. The average Bonchev–Trinajstić information content (AvgIpc) is 2.76. The number of aliphatic hydroxyl groups is 1. The minimum Gasteiger partial charge on any atom is -0.391 e. The van der Waals surface area contributed by atoms with Crippen molar-refractivity contribution in [3.63, 3.8) is 0 Å². The van der Waals surface area contributed by atoms with Crippen LogP contribution in [0, 0.1) is 19.7 Å². The zero-order valence-corrected chi connectivity index (χ0v) is 12.6. The highest BCUT2D eigenvalue weighted by Crippen LogP contribution is 2.27. The molecule has 0 fully saturated rings. The largest absolute Gasteiger partial charge is 0.391 e. The minimum atomic E-state index is -3.78. The third-order valence-electron chi connectivity index (χ3n) is 2.79. The van der Waals surface area contributed by atoms with Gasteiger partial charge in [-0.1, -0.05) is 6.07 Å². The maximum Gasteiger partial charge on any atom is 0.263 e. The van der Waals surface area contributed by atoms with Gasteiger partial charge in [-0.15, -0.1) is 11.3 Å². The highest BCUT2D eigenvalue weighted by atomic mass is 32.2. The molecule has 0 unspecified atom stereocenters. The molecule has 2 rings (SSSR count). The number of aryl methyl sites for hydroxylation is 2. The number of benzene rings is 1. The van der Waals surface area contributed by atoms with Gasteiger partial charge in [0.2, 0.25) is 0 Å². The summed E-state index contributed by atoms with van der Waals surface area (Å²) in [6.45, 7) is 3.05. The molecule has 0 bridgehead atoms. The first kappa shape index (κ1) is 15.0. The van der Waals surface area contributed by atoms with Gasteiger partial charge in [0.05, 0.1) is 12.3 Å². The topological polar surface area (TPSA) is 66.4 Å². The van der Waals surface area contributed by atoms with Crippen LogP contribution in [0.15, 0.2) is 29.2 Å². The Morgan fingerprint density at radius 2 is 2.00 bits per heavy atom. The molecule has 0 saturated carbocycles. The number of anilines is 1. The van der Waals surface area contributed by atoms with Crippen molar-refractivity contribution in [3.05, 3.63) is 45.4 Å². The van der Waals surface area contributed by atoms with Gasteiger partial charge in [0.1, 0.15) is 10.7 Å². The summed E-state index contributed by atoms with van der Waals surface area (Å²) in [5.41, 5.74) is 0.617. The van der Waals surface area contributed by atoms with E-state index in [2.05, 4.69) is 4.72 Å². The van der Waals surface area contributed by atoms with E-state index in [1.807, 2.05) is 0 Å². The average molecular weight is 315 g/mol. The number of sulfonamides is 1. The number of hydrogen-bond acceptors (Lipinski definition) is 4. The van der Waals surface area contributed by atoms with Gasteiger partial charge < -0.3 is 5.11 Å². The Morgan fingerprint density at radius 3 is 2.55 bits per heavy atom. The van der Waals surface area contributed by atoms with Crippen LogP contribution >= 0.6 is 11.3 Å². The lowest BCUT2D eigenvalue weighted by molar-refractivity contribution is 0.285. The van der Waals surface area contributed by atoms with E-state index in [-0.39, 0.29) is 17.2 Å². The minimum absolute atomic E-state index is 0.104. The number of aliphatic hydroxyl groups excluding tert-OH is 1. The molecule has 0 aliphatic heterocycles. The van der Waals surface area contributed by atoms with Crippen molar-refractivity contribution in [1.29, 1.82) is 0 Å². The molecule has 0 aliphatic carbocycles. The van der Waals surface area contributed by atoms with E-state index >= 15 is 0 Å². The second-order valence-corrected chi connectivity index (χ2v) is 7.35. The Kier molecular flexibility index (Phi) is 4.12. The zero-order valence-electron chi connectivity index (χ0n) is 11.0. The van der Waals surface area contributed by atoms with Crippen molar-refractivity contribution in [1.82, 2.24) is 0 Å². The van der Waals surface area contributed by atoms with E-state index in [0.29, 0.717) is 15.3 Å². The van der Waals surface area contributed by atoms with Crippen molar-refractivity contribution in [2.75, 3.05) is 4.72 Å². The van der Waals surface area contributed by atoms with E-state index in [1.165, 1.54) is 29.5 Å². The number of thiophene rings is 1. The molecule has 1 heterocycles. The lowest BCUT2D eigenvalue weighted by Gasteiger charge is -2.08. The molecule has 0 saturated heterocycles. The fourth-order valence-corrected chi connectivity index (χ4v) is 4.28. The molecule has 0 atom stereocenters. The van der Waals surface area contributed by atoms with Crippen LogP contribution < -0.4 is 4.72 Å². The monoisotopic (exact) mass is 315 g/mol. The van der Waals surface area contributed by atoms with Crippen LogP contribution in [0.3, 0.4) is 0 Å². The van der Waals surface area contributed by atoms with Crippen LogP contribution in [-0.4, -0.2) is 13.5 Å². The smallest absolute Gasteiger partial charge is 0.263 e. The van der Waals surface area contributed by atoms with Crippen molar-refractivity contribution in [2.24, 2.45) is 0 Å². The summed E-state index contributed by atoms with van der Waals surface area (Å²) in [4.78, 5) is 1.25. The van der Waals surface area contributed by atoms with Gasteiger partial charge in [0.25, 0.3) is 10.0 Å². The van der Waals surface area contributed by atoms with Crippen molar-refractivity contribution < 1.29 is 17.9 Å². The first-order valence-corrected chi connectivity index (χ1v) is 8.12. The third kappa shape index (κ3) is 3.00. The summed E-state index contributed by atoms with van der Waals surface area (Å²) in [5, 5.41) is 9.04. The van der Waals surface area contributed by atoms with Gasteiger partial charge >= 0.3 is 0 Å². The molecule has 0 spiro atoms. The Bertz CT molecular complexity index is 738. The molecular weight excluding hydrogens is 301 g/mol. The van der Waals surface area contributed by atoms with Crippen molar-refractivity contribution in [2.45, 2.75) is 25.3 Å². The molecule has 20 heavy (non-hydrogen) atoms. The molecule has 108 valence electrons. The van der Waals surface area contributed by atoms with Crippen LogP contribution in [-0.2, 0) is 16.6 Å². The van der Waals surface area contributed by atoms with Crippen LogP contribution in [0.5, 0.6) is 0 Å². The highest BCUT2D eigenvalue weighted by molar-refractivity contribution is 7.93. The van der Waals surface area contributed by atoms with Crippen molar-refractivity contribution >= 4 is 27.0 Å². The standard InChI is InChI=1S/C13H14FNO3S2/c1-8-3-4-10(5-12(8)14)15-20(17,18)13-6-11(7-16)19-9(13)2/h3-6,15-16H,7H2,1-2H3.